The number of aliphatic hydroxyl groups is 1. The molecule has 6 rings (SSSR count). The molecule has 1 heterocycles. The number of ether oxygens (including phenoxy) is 2. The van der Waals surface area contributed by atoms with Crippen molar-refractivity contribution >= 4 is 23.6 Å². The first-order valence-corrected chi connectivity index (χ1v) is 29.7. The minimum absolute atomic E-state index is 0.00309. The third-order valence-electron chi connectivity index (χ3n) is 23.1. The number of aliphatic hydroxyl groups excluding tert-OH is 1. The Bertz CT molecular complexity index is 1980. The second-order valence-corrected chi connectivity index (χ2v) is 27.9. The summed E-state index contributed by atoms with van der Waals surface area (Å²) >= 11 is 0. The quantitative estimate of drug-likeness (QED) is 0.0966. The maximum atomic E-state index is 14.6. The molecule has 6 aliphatic rings. The number of fused-ring (bicyclic) bond motifs is 7. The molecule has 74 heavy (non-hydrogen) atoms. The third-order valence-corrected chi connectivity index (χ3v) is 23.1. The molecule has 0 spiro atoms. The van der Waals surface area contributed by atoms with Crippen LogP contribution in [0.3, 0.4) is 0 Å². The number of nitrogens with zero attached hydrogens (tertiary/aromatic N) is 3. The summed E-state index contributed by atoms with van der Waals surface area (Å²) in [5.41, 5.74) is 2.17. The summed E-state index contributed by atoms with van der Waals surface area (Å²) in [6, 6.07) is -1.84. The van der Waals surface area contributed by atoms with E-state index in [1.165, 1.54) is 56.9 Å². The topological polar surface area (TPSA) is 141 Å². The van der Waals surface area contributed by atoms with E-state index in [4.69, 9.17) is 9.47 Å². The predicted molar refractivity (Wildman–Crippen MR) is 298 cm³/mol. The van der Waals surface area contributed by atoms with Crippen molar-refractivity contribution in [3.63, 3.8) is 0 Å². The maximum Gasteiger partial charge on any atom is 0.245 e. The van der Waals surface area contributed by atoms with Gasteiger partial charge in [0.1, 0.15) is 6.04 Å². The standard InChI is InChI=1S/C62H109N5O7/c1-20-40(8)53(66(17)57(72)51(38(4)5)64-56(71)52(39(6)7)65(15)16)45(73-18)36-49(69)67-35-21-22-44(67)54(74-19)41(9)55(70)63-34-33-62-30-25-42(37(2)3)50(62)43-23-24-47-59(12)28-27-48(68)58(10,11)46(59)26-29-61(47,14)60(43,13)31-32-62/h38-48,50-54,68H,2,20-36H2,1,3-19H3,(H,63,70)(H,64,71)/t40-,41+,42?,43?,44?,45+,46?,47?,48-,50?,51?,52-,53-,54+,59-,60+,61+,62+/m0/s1. The van der Waals surface area contributed by atoms with Crippen LogP contribution in [-0.4, -0.2) is 134 Å². The van der Waals surface area contributed by atoms with Crippen LogP contribution in [0, 0.1) is 80.3 Å². The van der Waals surface area contributed by atoms with Gasteiger partial charge in [-0.2, -0.15) is 0 Å². The van der Waals surface area contributed by atoms with Gasteiger partial charge in [0, 0.05) is 34.4 Å². The van der Waals surface area contributed by atoms with Crippen molar-refractivity contribution in [2.75, 3.05) is 48.5 Å². The lowest BCUT2D eigenvalue weighted by molar-refractivity contribution is -0.247. The molecule has 0 aromatic heterocycles. The molecular formula is C62H109N5O7. The van der Waals surface area contributed by atoms with Crippen LogP contribution in [0.5, 0.6) is 0 Å². The van der Waals surface area contributed by atoms with Crippen LogP contribution in [0.4, 0.5) is 0 Å². The van der Waals surface area contributed by atoms with E-state index in [1.54, 1.807) is 26.2 Å². The second kappa shape index (κ2) is 23.4. The number of allylic oxidation sites excluding steroid dienone is 1. The van der Waals surface area contributed by atoms with Crippen molar-refractivity contribution in [1.82, 2.24) is 25.3 Å². The molecule has 6 fully saturated rings. The highest BCUT2D eigenvalue weighted by atomic mass is 16.5. The summed E-state index contributed by atoms with van der Waals surface area (Å²) in [5.74, 6) is 1.82. The van der Waals surface area contributed by atoms with E-state index in [-0.39, 0.29) is 93.1 Å². The zero-order valence-corrected chi connectivity index (χ0v) is 50.2. The Morgan fingerprint density at radius 3 is 2.05 bits per heavy atom. The molecule has 12 nitrogen and oxygen atoms in total. The SMILES string of the molecule is C=C(C)C1CC[C@]2(CCNC(=O)[C@H](C)[C@@H](OC)C3CCCN3C(=O)C[C@@H](OC)[C@H]([C@@H](C)CC)N(C)C(=O)C(NC(=O)[C@H](C(C)C)N(C)C)C(C)C)CC[C@]3(C)C(CCC4[C@@]5(C)CC[C@H](O)C(C)(C)C5CC[C@]43C)C12. The lowest BCUT2D eigenvalue weighted by Crippen LogP contribution is -2.66. The third kappa shape index (κ3) is 10.8. The van der Waals surface area contributed by atoms with Crippen LogP contribution >= 0.6 is 0 Å². The van der Waals surface area contributed by atoms with Crippen LogP contribution in [0.1, 0.15) is 186 Å². The van der Waals surface area contributed by atoms with Crippen LogP contribution < -0.4 is 10.6 Å². The molecule has 424 valence electrons. The number of carbonyl (C=O) groups is 4. The van der Waals surface area contributed by atoms with Gasteiger partial charge in [-0.3, -0.25) is 24.1 Å². The number of carbonyl (C=O) groups excluding carboxylic acids is 4. The Hall–Kier alpha value is -2.54. The Balaban J connectivity index is 1.12. The smallest absolute Gasteiger partial charge is 0.245 e. The van der Waals surface area contributed by atoms with E-state index < -0.39 is 30.2 Å². The Labute approximate surface area is 450 Å². The minimum atomic E-state index is -0.748. The molecule has 0 bridgehead atoms. The molecular weight excluding hydrogens is 927 g/mol. The van der Waals surface area contributed by atoms with Crippen molar-refractivity contribution in [2.24, 2.45) is 80.3 Å². The molecule has 1 aliphatic heterocycles. The summed E-state index contributed by atoms with van der Waals surface area (Å²) in [4.78, 5) is 62.6. The van der Waals surface area contributed by atoms with Gasteiger partial charge in [0.2, 0.25) is 23.6 Å². The highest BCUT2D eigenvalue weighted by Crippen LogP contribution is 2.78. The average molecular weight is 1040 g/mol. The van der Waals surface area contributed by atoms with E-state index >= 15 is 0 Å². The van der Waals surface area contributed by atoms with Crippen molar-refractivity contribution in [2.45, 2.75) is 229 Å². The molecule has 5 saturated carbocycles. The zero-order chi connectivity index (χ0) is 55.2. The van der Waals surface area contributed by atoms with E-state index in [1.807, 2.05) is 58.5 Å². The second-order valence-electron chi connectivity index (χ2n) is 27.9. The summed E-state index contributed by atoms with van der Waals surface area (Å²) in [5, 5.41) is 17.8. The number of hydrogen-bond acceptors (Lipinski definition) is 8. The molecule has 7 unspecified atom stereocenters. The fraction of sp³-hybridized carbons (Fsp3) is 0.903. The van der Waals surface area contributed by atoms with Crippen molar-refractivity contribution in [3.8, 4) is 0 Å². The molecule has 0 aromatic carbocycles. The molecule has 0 aromatic rings. The van der Waals surface area contributed by atoms with Crippen LogP contribution in [-0.2, 0) is 28.7 Å². The van der Waals surface area contributed by atoms with Crippen molar-refractivity contribution in [1.29, 1.82) is 0 Å². The monoisotopic (exact) mass is 1040 g/mol. The zero-order valence-electron chi connectivity index (χ0n) is 50.2. The maximum absolute atomic E-state index is 14.6. The number of likely N-dealkylation sites (tertiary alicyclic amines) is 1. The molecule has 1 saturated heterocycles. The van der Waals surface area contributed by atoms with Crippen LogP contribution in [0.25, 0.3) is 0 Å². The normalized spacial score (nSPS) is 36.4. The molecule has 12 heteroatoms. The first-order valence-electron chi connectivity index (χ1n) is 29.7. The summed E-state index contributed by atoms with van der Waals surface area (Å²) in [7, 11) is 8.82. The first-order chi connectivity index (χ1) is 34.5. The van der Waals surface area contributed by atoms with Crippen molar-refractivity contribution in [3.05, 3.63) is 12.2 Å². The fourth-order valence-corrected chi connectivity index (χ4v) is 18.7. The molecule has 0 radical (unpaired) electrons. The van der Waals surface area contributed by atoms with Gasteiger partial charge in [0.25, 0.3) is 0 Å². The van der Waals surface area contributed by atoms with Gasteiger partial charge in [-0.05, 0) is 179 Å². The highest BCUT2D eigenvalue weighted by Gasteiger charge is 2.70. The number of likely N-dealkylation sites (N-methyl/N-ethyl adjacent to an activating group) is 2. The number of amides is 4. The summed E-state index contributed by atoms with van der Waals surface area (Å²) in [6.45, 7) is 34.8. The fourth-order valence-electron chi connectivity index (χ4n) is 18.7. The van der Waals surface area contributed by atoms with Gasteiger partial charge < -0.3 is 35.0 Å². The van der Waals surface area contributed by atoms with Gasteiger partial charge in [-0.15, -0.1) is 0 Å². The molecule has 3 N–H and O–H groups in total. The van der Waals surface area contributed by atoms with Gasteiger partial charge in [0.15, 0.2) is 0 Å². The minimum Gasteiger partial charge on any atom is -0.393 e. The summed E-state index contributed by atoms with van der Waals surface area (Å²) < 4.78 is 12.4. The number of rotatable bonds is 21. The Morgan fingerprint density at radius 1 is 0.797 bits per heavy atom. The van der Waals surface area contributed by atoms with Gasteiger partial charge in [0.05, 0.1) is 48.8 Å². The lowest BCUT2D eigenvalue weighted by Gasteiger charge is -2.73. The van der Waals surface area contributed by atoms with Gasteiger partial charge >= 0.3 is 0 Å². The van der Waals surface area contributed by atoms with E-state index in [2.05, 4.69) is 72.6 Å². The van der Waals surface area contributed by atoms with Crippen LogP contribution in [0.15, 0.2) is 12.2 Å². The van der Waals surface area contributed by atoms with Crippen molar-refractivity contribution < 1.29 is 33.8 Å². The highest BCUT2D eigenvalue weighted by molar-refractivity contribution is 5.90. The number of hydrogen-bond donors (Lipinski definition) is 3. The first kappa shape index (κ1) is 60.7. The summed E-state index contributed by atoms with van der Waals surface area (Å²) in [6.07, 6.45) is 13.9. The van der Waals surface area contributed by atoms with E-state index in [9.17, 15) is 24.3 Å². The molecule has 5 aliphatic carbocycles. The predicted octanol–water partition coefficient (Wildman–Crippen LogP) is 10.2. The van der Waals surface area contributed by atoms with Gasteiger partial charge in [-0.1, -0.05) is 102 Å². The Kier molecular flexibility index (Phi) is 19.2. The van der Waals surface area contributed by atoms with Crippen LogP contribution in [0.2, 0.25) is 0 Å². The number of nitrogens with one attached hydrogen (secondary N) is 2. The Morgan fingerprint density at radius 2 is 1.47 bits per heavy atom. The van der Waals surface area contributed by atoms with E-state index in [0.717, 1.165) is 38.5 Å². The molecule has 18 atom stereocenters. The largest absolute Gasteiger partial charge is 0.393 e. The lowest BCUT2D eigenvalue weighted by atomic mass is 9.32. The van der Waals surface area contributed by atoms with Gasteiger partial charge in [-0.25, -0.2) is 0 Å². The number of methoxy groups -OCH3 is 2. The molecule has 4 amide bonds. The van der Waals surface area contributed by atoms with E-state index in [0.29, 0.717) is 42.7 Å². The average Bonchev–Trinajstić information content (AvgIpc) is 3.98.